The molecule has 0 radical (unpaired) electrons. The Morgan fingerprint density at radius 3 is 2.54 bits per heavy atom. The summed E-state index contributed by atoms with van der Waals surface area (Å²) in [6, 6.07) is 0. The first-order valence-corrected chi connectivity index (χ1v) is 4.63. The summed E-state index contributed by atoms with van der Waals surface area (Å²) in [5.74, 6) is -0.855. The van der Waals surface area contributed by atoms with E-state index in [2.05, 4.69) is 0 Å². The standard InChI is InChI=1S/C10H18O3/c1-4-9(13-5-2)7-6-8(3)10(11)12/h6,9H,4-5,7H2,1-3H3,(H,11,12). The van der Waals surface area contributed by atoms with Crippen molar-refractivity contribution in [3.63, 3.8) is 0 Å². The van der Waals surface area contributed by atoms with Crippen LogP contribution in [0, 0.1) is 0 Å². The van der Waals surface area contributed by atoms with Crippen LogP contribution < -0.4 is 0 Å². The largest absolute Gasteiger partial charge is 0.478 e. The first-order chi connectivity index (χ1) is 6.11. The summed E-state index contributed by atoms with van der Waals surface area (Å²) in [5, 5.41) is 8.59. The van der Waals surface area contributed by atoms with Crippen LogP contribution >= 0.6 is 0 Å². The second-order valence-electron chi connectivity index (χ2n) is 2.91. The molecule has 0 aliphatic heterocycles. The van der Waals surface area contributed by atoms with E-state index in [-0.39, 0.29) is 6.10 Å². The van der Waals surface area contributed by atoms with E-state index in [1.165, 1.54) is 0 Å². The lowest BCUT2D eigenvalue weighted by molar-refractivity contribution is -0.132. The molecule has 0 aromatic heterocycles. The molecule has 76 valence electrons. The molecule has 0 saturated heterocycles. The molecule has 13 heavy (non-hydrogen) atoms. The van der Waals surface area contributed by atoms with Gasteiger partial charge in [-0.2, -0.15) is 0 Å². The van der Waals surface area contributed by atoms with Crippen LogP contribution in [0.1, 0.15) is 33.6 Å². The van der Waals surface area contributed by atoms with Gasteiger partial charge in [-0.05, 0) is 26.7 Å². The fourth-order valence-electron chi connectivity index (χ4n) is 0.984. The molecule has 0 fully saturated rings. The van der Waals surface area contributed by atoms with Gasteiger partial charge in [0, 0.05) is 12.2 Å². The summed E-state index contributed by atoms with van der Waals surface area (Å²) in [4.78, 5) is 10.4. The summed E-state index contributed by atoms with van der Waals surface area (Å²) < 4.78 is 5.38. The van der Waals surface area contributed by atoms with Gasteiger partial charge in [-0.15, -0.1) is 0 Å². The van der Waals surface area contributed by atoms with E-state index in [0.29, 0.717) is 18.6 Å². The SMILES string of the molecule is CCOC(CC)CC=C(C)C(=O)O. The molecule has 0 aromatic rings. The van der Waals surface area contributed by atoms with Gasteiger partial charge < -0.3 is 9.84 Å². The highest BCUT2D eigenvalue weighted by Crippen LogP contribution is 2.06. The lowest BCUT2D eigenvalue weighted by atomic mass is 10.1. The fourth-order valence-corrected chi connectivity index (χ4v) is 0.984. The Labute approximate surface area is 79.4 Å². The fraction of sp³-hybridized carbons (Fsp3) is 0.700. The third-order valence-electron chi connectivity index (χ3n) is 1.88. The van der Waals surface area contributed by atoms with Crippen molar-refractivity contribution in [1.82, 2.24) is 0 Å². The number of hydrogen-bond acceptors (Lipinski definition) is 2. The molecular weight excluding hydrogens is 168 g/mol. The molecule has 1 N–H and O–H groups in total. The molecule has 3 heteroatoms. The van der Waals surface area contributed by atoms with E-state index in [1.807, 2.05) is 13.8 Å². The minimum Gasteiger partial charge on any atom is -0.478 e. The van der Waals surface area contributed by atoms with Crippen molar-refractivity contribution in [2.45, 2.75) is 39.7 Å². The summed E-state index contributed by atoms with van der Waals surface area (Å²) >= 11 is 0. The third-order valence-corrected chi connectivity index (χ3v) is 1.88. The van der Waals surface area contributed by atoms with E-state index in [9.17, 15) is 4.79 Å². The molecule has 3 nitrogen and oxygen atoms in total. The molecule has 0 aromatic carbocycles. The van der Waals surface area contributed by atoms with Gasteiger partial charge in [0.25, 0.3) is 0 Å². The Morgan fingerprint density at radius 2 is 2.15 bits per heavy atom. The molecule has 0 aliphatic rings. The third kappa shape index (κ3) is 5.42. The lowest BCUT2D eigenvalue weighted by Gasteiger charge is -2.12. The average molecular weight is 186 g/mol. The van der Waals surface area contributed by atoms with Crippen LogP contribution in [0.15, 0.2) is 11.6 Å². The van der Waals surface area contributed by atoms with Crippen LogP contribution in [0.25, 0.3) is 0 Å². The van der Waals surface area contributed by atoms with Crippen molar-refractivity contribution in [3.8, 4) is 0 Å². The van der Waals surface area contributed by atoms with E-state index in [1.54, 1.807) is 13.0 Å². The molecule has 0 rings (SSSR count). The highest BCUT2D eigenvalue weighted by atomic mass is 16.5. The summed E-state index contributed by atoms with van der Waals surface area (Å²) in [5.41, 5.74) is 0.387. The van der Waals surface area contributed by atoms with Crippen LogP contribution in [0.3, 0.4) is 0 Å². The quantitative estimate of drug-likeness (QED) is 0.647. The molecular formula is C10H18O3. The monoisotopic (exact) mass is 186 g/mol. The van der Waals surface area contributed by atoms with Crippen LogP contribution in [0.5, 0.6) is 0 Å². The van der Waals surface area contributed by atoms with Crippen molar-refractivity contribution in [2.24, 2.45) is 0 Å². The average Bonchev–Trinajstić information content (AvgIpc) is 2.11. The lowest BCUT2D eigenvalue weighted by Crippen LogP contribution is -2.10. The minimum absolute atomic E-state index is 0.152. The normalized spacial score (nSPS) is 14.2. The van der Waals surface area contributed by atoms with Gasteiger partial charge in [0.1, 0.15) is 0 Å². The first kappa shape index (κ1) is 12.2. The van der Waals surface area contributed by atoms with Crippen molar-refractivity contribution < 1.29 is 14.6 Å². The zero-order valence-electron chi connectivity index (χ0n) is 8.54. The summed E-state index contributed by atoms with van der Waals surface area (Å²) in [6.45, 7) is 6.25. The number of carboxylic acid groups (broad SMARTS) is 1. The maximum atomic E-state index is 10.4. The molecule has 0 heterocycles. The van der Waals surface area contributed by atoms with Crippen molar-refractivity contribution in [3.05, 3.63) is 11.6 Å². The van der Waals surface area contributed by atoms with Crippen LogP contribution in [0.4, 0.5) is 0 Å². The highest BCUT2D eigenvalue weighted by Gasteiger charge is 2.05. The molecule has 0 aliphatic carbocycles. The van der Waals surface area contributed by atoms with Crippen LogP contribution in [-0.2, 0) is 9.53 Å². The predicted octanol–water partition coefficient (Wildman–Crippen LogP) is 2.22. The molecule has 0 bridgehead atoms. The second-order valence-corrected chi connectivity index (χ2v) is 2.91. The van der Waals surface area contributed by atoms with E-state index in [0.717, 1.165) is 6.42 Å². The van der Waals surface area contributed by atoms with Gasteiger partial charge >= 0.3 is 5.97 Å². The Kier molecular flexibility index (Phi) is 6.24. The van der Waals surface area contributed by atoms with Gasteiger partial charge in [0.05, 0.1) is 6.10 Å². The number of carbonyl (C=O) groups is 1. The zero-order chi connectivity index (χ0) is 10.3. The van der Waals surface area contributed by atoms with Gasteiger partial charge in [-0.3, -0.25) is 0 Å². The minimum atomic E-state index is -0.855. The molecule has 1 atom stereocenters. The zero-order valence-corrected chi connectivity index (χ0v) is 8.54. The van der Waals surface area contributed by atoms with E-state index in [4.69, 9.17) is 9.84 Å². The topological polar surface area (TPSA) is 46.5 Å². The highest BCUT2D eigenvalue weighted by molar-refractivity contribution is 5.85. The van der Waals surface area contributed by atoms with Gasteiger partial charge in [0.2, 0.25) is 0 Å². The number of carboxylic acids is 1. The Hall–Kier alpha value is -0.830. The number of ether oxygens (including phenoxy) is 1. The Balaban J connectivity index is 3.95. The predicted molar refractivity (Wildman–Crippen MR) is 51.7 cm³/mol. The van der Waals surface area contributed by atoms with E-state index >= 15 is 0 Å². The maximum absolute atomic E-state index is 10.4. The smallest absolute Gasteiger partial charge is 0.330 e. The van der Waals surface area contributed by atoms with Crippen molar-refractivity contribution >= 4 is 5.97 Å². The maximum Gasteiger partial charge on any atom is 0.330 e. The Bertz CT molecular complexity index is 185. The molecule has 0 amide bonds. The number of rotatable bonds is 6. The summed E-state index contributed by atoms with van der Waals surface area (Å²) in [6.07, 6.45) is 3.46. The molecule has 1 unspecified atom stereocenters. The van der Waals surface area contributed by atoms with Gasteiger partial charge in [0.15, 0.2) is 0 Å². The van der Waals surface area contributed by atoms with E-state index < -0.39 is 5.97 Å². The summed E-state index contributed by atoms with van der Waals surface area (Å²) in [7, 11) is 0. The number of hydrogen-bond donors (Lipinski definition) is 1. The number of aliphatic carboxylic acids is 1. The second kappa shape index (κ2) is 6.66. The Morgan fingerprint density at radius 1 is 1.54 bits per heavy atom. The van der Waals surface area contributed by atoms with Crippen molar-refractivity contribution in [2.75, 3.05) is 6.61 Å². The van der Waals surface area contributed by atoms with Gasteiger partial charge in [-0.25, -0.2) is 4.79 Å². The van der Waals surface area contributed by atoms with Crippen LogP contribution in [0.2, 0.25) is 0 Å². The van der Waals surface area contributed by atoms with Crippen molar-refractivity contribution in [1.29, 1.82) is 0 Å². The first-order valence-electron chi connectivity index (χ1n) is 4.63. The molecule has 0 spiro atoms. The van der Waals surface area contributed by atoms with Gasteiger partial charge in [-0.1, -0.05) is 13.0 Å². The molecule has 0 saturated carbocycles. The van der Waals surface area contributed by atoms with Crippen LogP contribution in [-0.4, -0.2) is 23.8 Å².